The molecule has 1 saturated heterocycles. The van der Waals surface area contributed by atoms with Crippen molar-refractivity contribution in [1.82, 2.24) is 4.31 Å². The van der Waals surface area contributed by atoms with Crippen molar-refractivity contribution in [2.45, 2.75) is 23.5 Å². The molecule has 4 rings (SSSR count). The van der Waals surface area contributed by atoms with E-state index in [1.54, 1.807) is 35.7 Å². The van der Waals surface area contributed by atoms with Crippen LogP contribution in [0.25, 0.3) is 0 Å². The van der Waals surface area contributed by atoms with Gasteiger partial charge in [0.2, 0.25) is 5.91 Å². The third kappa shape index (κ3) is 4.01. The van der Waals surface area contributed by atoms with E-state index in [1.807, 2.05) is 0 Å². The second-order valence-electron chi connectivity index (χ2n) is 6.81. The fourth-order valence-electron chi connectivity index (χ4n) is 3.38. The van der Waals surface area contributed by atoms with Gasteiger partial charge in [-0.3, -0.25) is 4.79 Å². The van der Waals surface area contributed by atoms with Crippen molar-refractivity contribution >= 4 is 33.0 Å². The lowest BCUT2D eigenvalue weighted by molar-refractivity contribution is -0.120. The molecule has 2 aliphatic heterocycles. The Hall–Kier alpha value is -2.10. The molecule has 1 N–H and O–H groups in total. The van der Waals surface area contributed by atoms with Gasteiger partial charge in [-0.1, -0.05) is 6.07 Å². The summed E-state index contributed by atoms with van der Waals surface area (Å²) in [7, 11) is -3.45. The highest BCUT2D eigenvalue weighted by Crippen LogP contribution is 2.33. The van der Waals surface area contributed by atoms with Gasteiger partial charge in [0, 0.05) is 37.2 Å². The van der Waals surface area contributed by atoms with Gasteiger partial charge >= 0.3 is 0 Å². The maximum absolute atomic E-state index is 12.6. The standard InChI is InChI=1S/C19H22N2O5S2/c22-19(20-15-4-5-16-17(13-15)26-11-2-10-25-16)14-6-8-21(9-7-14)28(23,24)18-3-1-12-27-18/h1,3-5,12-14H,2,6-11H2,(H,20,22). The third-order valence-electron chi connectivity index (χ3n) is 4.93. The summed E-state index contributed by atoms with van der Waals surface area (Å²) in [6.45, 7) is 1.89. The lowest BCUT2D eigenvalue weighted by atomic mass is 9.97. The zero-order valence-corrected chi connectivity index (χ0v) is 16.9. The molecule has 0 unspecified atom stereocenters. The quantitative estimate of drug-likeness (QED) is 0.819. The number of rotatable bonds is 4. The molecule has 1 aromatic carbocycles. The molecule has 0 saturated carbocycles. The average molecular weight is 423 g/mol. The van der Waals surface area contributed by atoms with Crippen molar-refractivity contribution in [3.8, 4) is 11.5 Å². The van der Waals surface area contributed by atoms with Crippen LogP contribution in [0.4, 0.5) is 5.69 Å². The minimum atomic E-state index is -3.45. The highest BCUT2D eigenvalue weighted by Gasteiger charge is 2.32. The van der Waals surface area contributed by atoms with Crippen LogP contribution in [0, 0.1) is 5.92 Å². The number of benzene rings is 1. The van der Waals surface area contributed by atoms with Crippen molar-refractivity contribution in [2.75, 3.05) is 31.6 Å². The van der Waals surface area contributed by atoms with Gasteiger partial charge in [-0.05, 0) is 36.4 Å². The zero-order valence-electron chi connectivity index (χ0n) is 15.3. The van der Waals surface area contributed by atoms with E-state index >= 15 is 0 Å². The van der Waals surface area contributed by atoms with Gasteiger partial charge in [0.15, 0.2) is 11.5 Å². The zero-order chi connectivity index (χ0) is 19.6. The molecule has 0 bridgehead atoms. The highest BCUT2D eigenvalue weighted by molar-refractivity contribution is 7.91. The normalized spacial score (nSPS) is 18.4. The second-order valence-corrected chi connectivity index (χ2v) is 9.92. The smallest absolute Gasteiger partial charge is 0.252 e. The Morgan fingerprint density at radius 2 is 1.86 bits per heavy atom. The summed E-state index contributed by atoms with van der Waals surface area (Å²) in [5.74, 6) is 1.00. The maximum atomic E-state index is 12.6. The van der Waals surface area contributed by atoms with Gasteiger partial charge in [0.25, 0.3) is 10.0 Å². The molecule has 3 heterocycles. The third-order valence-corrected chi connectivity index (χ3v) is 8.20. The molecule has 0 aliphatic carbocycles. The molecule has 1 amide bonds. The molecular weight excluding hydrogens is 400 g/mol. The van der Waals surface area contributed by atoms with Gasteiger partial charge in [-0.15, -0.1) is 11.3 Å². The van der Waals surface area contributed by atoms with Crippen molar-refractivity contribution in [2.24, 2.45) is 5.92 Å². The molecule has 2 aromatic rings. The number of fused-ring (bicyclic) bond motifs is 1. The summed E-state index contributed by atoms with van der Waals surface area (Å²) in [6.07, 6.45) is 1.82. The molecule has 1 aromatic heterocycles. The number of anilines is 1. The molecule has 1 fully saturated rings. The van der Waals surface area contributed by atoms with Crippen molar-refractivity contribution in [3.05, 3.63) is 35.7 Å². The molecule has 9 heteroatoms. The van der Waals surface area contributed by atoms with Gasteiger partial charge in [-0.2, -0.15) is 4.31 Å². The molecule has 28 heavy (non-hydrogen) atoms. The van der Waals surface area contributed by atoms with Crippen molar-refractivity contribution < 1.29 is 22.7 Å². The Morgan fingerprint density at radius 1 is 1.11 bits per heavy atom. The molecular formula is C19H22N2O5S2. The Balaban J connectivity index is 1.36. The first-order chi connectivity index (χ1) is 13.5. The fourth-order valence-corrected chi connectivity index (χ4v) is 6.00. The number of ether oxygens (including phenoxy) is 2. The molecule has 150 valence electrons. The van der Waals surface area contributed by atoms with E-state index in [9.17, 15) is 13.2 Å². The van der Waals surface area contributed by atoms with Crippen LogP contribution in [0.1, 0.15) is 19.3 Å². The van der Waals surface area contributed by atoms with E-state index in [4.69, 9.17) is 9.47 Å². The molecule has 0 atom stereocenters. The number of carbonyl (C=O) groups is 1. The number of carbonyl (C=O) groups excluding carboxylic acids is 1. The summed E-state index contributed by atoms with van der Waals surface area (Å²) in [5.41, 5.74) is 0.655. The predicted molar refractivity (Wildman–Crippen MR) is 106 cm³/mol. The van der Waals surface area contributed by atoms with E-state index in [-0.39, 0.29) is 11.8 Å². The van der Waals surface area contributed by atoms with E-state index in [0.29, 0.717) is 60.5 Å². The fraction of sp³-hybridized carbons (Fsp3) is 0.421. The minimum absolute atomic E-state index is 0.0948. The lowest BCUT2D eigenvalue weighted by Crippen LogP contribution is -2.41. The van der Waals surface area contributed by atoms with E-state index in [2.05, 4.69) is 5.32 Å². The average Bonchev–Trinajstić information content (AvgIpc) is 3.15. The number of thiophene rings is 1. The number of hydrogen-bond acceptors (Lipinski definition) is 6. The highest BCUT2D eigenvalue weighted by atomic mass is 32.2. The van der Waals surface area contributed by atoms with E-state index in [0.717, 1.165) is 6.42 Å². The van der Waals surface area contributed by atoms with Crippen LogP contribution < -0.4 is 14.8 Å². The Bertz CT molecular complexity index is 935. The molecule has 2 aliphatic rings. The Morgan fingerprint density at radius 3 is 2.57 bits per heavy atom. The summed E-state index contributed by atoms with van der Waals surface area (Å²) in [4.78, 5) is 12.6. The van der Waals surface area contributed by atoms with Crippen LogP contribution in [0.15, 0.2) is 39.9 Å². The minimum Gasteiger partial charge on any atom is -0.490 e. The topological polar surface area (TPSA) is 84.9 Å². The van der Waals surface area contributed by atoms with Gasteiger partial charge in [0.1, 0.15) is 4.21 Å². The Labute approximate surface area is 168 Å². The van der Waals surface area contributed by atoms with Crippen molar-refractivity contribution in [3.63, 3.8) is 0 Å². The molecule has 7 nitrogen and oxygen atoms in total. The summed E-state index contributed by atoms with van der Waals surface area (Å²) < 4.78 is 38.3. The van der Waals surface area contributed by atoms with E-state index < -0.39 is 10.0 Å². The van der Waals surface area contributed by atoms with E-state index in [1.165, 1.54) is 15.6 Å². The molecule has 0 spiro atoms. The predicted octanol–water partition coefficient (Wildman–Crippen LogP) is 2.95. The maximum Gasteiger partial charge on any atom is 0.252 e. The second kappa shape index (κ2) is 8.10. The Kier molecular flexibility index (Phi) is 5.56. The van der Waals surface area contributed by atoms with Gasteiger partial charge in [0.05, 0.1) is 13.2 Å². The SMILES string of the molecule is O=C(Nc1ccc2c(c1)OCCCO2)C1CCN(S(=O)(=O)c2cccs2)CC1. The first-order valence-corrected chi connectivity index (χ1v) is 11.6. The van der Waals surface area contributed by atoms with Crippen LogP contribution >= 0.6 is 11.3 Å². The number of piperidine rings is 1. The van der Waals surface area contributed by atoms with Crippen LogP contribution in [0.3, 0.4) is 0 Å². The number of sulfonamides is 1. The van der Waals surface area contributed by atoms with Gasteiger partial charge in [-0.25, -0.2) is 8.42 Å². The van der Waals surface area contributed by atoms with Gasteiger partial charge < -0.3 is 14.8 Å². The van der Waals surface area contributed by atoms with Crippen LogP contribution in [0.5, 0.6) is 11.5 Å². The lowest BCUT2D eigenvalue weighted by Gasteiger charge is -2.30. The number of nitrogens with zero attached hydrogens (tertiary/aromatic N) is 1. The number of nitrogens with one attached hydrogen (secondary N) is 1. The monoisotopic (exact) mass is 422 g/mol. The first-order valence-electron chi connectivity index (χ1n) is 9.28. The van der Waals surface area contributed by atoms with Crippen LogP contribution in [-0.4, -0.2) is 44.9 Å². The van der Waals surface area contributed by atoms with Crippen molar-refractivity contribution in [1.29, 1.82) is 0 Å². The van der Waals surface area contributed by atoms with Crippen LogP contribution in [0.2, 0.25) is 0 Å². The molecule has 0 radical (unpaired) electrons. The number of hydrogen-bond donors (Lipinski definition) is 1. The largest absolute Gasteiger partial charge is 0.490 e. The summed E-state index contributed by atoms with van der Waals surface area (Å²) in [5, 5.41) is 4.68. The number of amides is 1. The first kappa shape index (κ1) is 19.2. The van der Waals surface area contributed by atoms with Crippen LogP contribution in [-0.2, 0) is 14.8 Å². The summed E-state index contributed by atoms with van der Waals surface area (Å²) >= 11 is 1.21. The summed E-state index contributed by atoms with van der Waals surface area (Å²) in [6, 6.07) is 8.71.